The molecule has 0 atom stereocenters. The lowest BCUT2D eigenvalue weighted by Crippen LogP contribution is -2.30. The van der Waals surface area contributed by atoms with Crippen molar-refractivity contribution in [2.45, 2.75) is 26.8 Å². The third-order valence-corrected chi connectivity index (χ3v) is 2.87. The van der Waals surface area contributed by atoms with E-state index in [4.69, 9.17) is 9.15 Å². The number of oxazole rings is 1. The van der Waals surface area contributed by atoms with Crippen LogP contribution < -0.4 is 5.32 Å². The number of carbonyl (C=O) groups excluding carboxylic acids is 2. The van der Waals surface area contributed by atoms with E-state index in [0.29, 0.717) is 11.1 Å². The van der Waals surface area contributed by atoms with E-state index in [9.17, 15) is 9.59 Å². The van der Waals surface area contributed by atoms with Crippen LogP contribution in [0.4, 0.5) is 0 Å². The van der Waals surface area contributed by atoms with E-state index in [1.54, 1.807) is 31.2 Å². The standard InChI is InChI=1S/C16H18N2O4/c1-4-21-16(20)13-14(22-9-17-13)11-7-5-6-8-12(11)15(19)18-10(2)3/h5-10H,4H2,1-3H3,(H,18,19). The number of aromatic nitrogens is 1. The number of ether oxygens (including phenoxy) is 1. The zero-order valence-electron chi connectivity index (χ0n) is 12.8. The van der Waals surface area contributed by atoms with Crippen LogP contribution in [0.5, 0.6) is 0 Å². The Hall–Kier alpha value is -2.63. The van der Waals surface area contributed by atoms with E-state index in [0.717, 1.165) is 0 Å². The first-order chi connectivity index (χ1) is 10.5. The van der Waals surface area contributed by atoms with Crippen LogP contribution >= 0.6 is 0 Å². The largest absolute Gasteiger partial charge is 0.461 e. The maximum atomic E-state index is 12.3. The van der Waals surface area contributed by atoms with Gasteiger partial charge in [-0.1, -0.05) is 18.2 Å². The summed E-state index contributed by atoms with van der Waals surface area (Å²) in [6.07, 6.45) is 1.17. The number of hydrogen-bond acceptors (Lipinski definition) is 5. The molecule has 1 heterocycles. The Morgan fingerprint density at radius 3 is 2.73 bits per heavy atom. The van der Waals surface area contributed by atoms with Gasteiger partial charge in [0.15, 0.2) is 17.8 Å². The van der Waals surface area contributed by atoms with Crippen LogP contribution in [0.25, 0.3) is 11.3 Å². The van der Waals surface area contributed by atoms with Crippen LogP contribution in [0.3, 0.4) is 0 Å². The molecule has 0 aliphatic heterocycles. The van der Waals surface area contributed by atoms with Gasteiger partial charge < -0.3 is 14.5 Å². The van der Waals surface area contributed by atoms with Crippen molar-refractivity contribution in [1.82, 2.24) is 10.3 Å². The lowest BCUT2D eigenvalue weighted by atomic mass is 10.0. The van der Waals surface area contributed by atoms with Gasteiger partial charge in [0.25, 0.3) is 5.91 Å². The molecule has 0 aliphatic rings. The summed E-state index contributed by atoms with van der Waals surface area (Å²) >= 11 is 0. The highest BCUT2D eigenvalue weighted by Crippen LogP contribution is 2.27. The van der Waals surface area contributed by atoms with Crippen molar-refractivity contribution >= 4 is 11.9 Å². The fourth-order valence-electron chi connectivity index (χ4n) is 2.00. The van der Waals surface area contributed by atoms with Crippen LogP contribution in [0.15, 0.2) is 35.1 Å². The van der Waals surface area contributed by atoms with E-state index in [2.05, 4.69) is 10.3 Å². The molecule has 0 saturated heterocycles. The molecule has 2 aromatic rings. The molecule has 1 aromatic carbocycles. The highest BCUT2D eigenvalue weighted by Gasteiger charge is 2.23. The average molecular weight is 302 g/mol. The molecule has 0 saturated carbocycles. The fraction of sp³-hybridized carbons (Fsp3) is 0.312. The lowest BCUT2D eigenvalue weighted by molar-refractivity contribution is 0.0520. The zero-order valence-corrected chi connectivity index (χ0v) is 12.8. The fourth-order valence-corrected chi connectivity index (χ4v) is 2.00. The highest BCUT2D eigenvalue weighted by molar-refractivity contribution is 6.03. The molecule has 116 valence electrons. The zero-order chi connectivity index (χ0) is 16.1. The van der Waals surface area contributed by atoms with Gasteiger partial charge in [0.2, 0.25) is 0 Å². The minimum Gasteiger partial charge on any atom is -0.461 e. The van der Waals surface area contributed by atoms with E-state index >= 15 is 0 Å². The summed E-state index contributed by atoms with van der Waals surface area (Å²) in [5.41, 5.74) is 0.978. The predicted octanol–water partition coefficient (Wildman–Crippen LogP) is 2.66. The summed E-state index contributed by atoms with van der Waals surface area (Å²) in [4.78, 5) is 28.1. The molecular formula is C16H18N2O4. The second-order valence-corrected chi connectivity index (χ2v) is 4.92. The molecule has 1 N–H and O–H groups in total. The van der Waals surface area contributed by atoms with Gasteiger partial charge in [-0.15, -0.1) is 0 Å². The molecule has 0 radical (unpaired) electrons. The molecule has 2 rings (SSSR count). The van der Waals surface area contributed by atoms with Crippen LogP contribution in [-0.2, 0) is 4.74 Å². The number of esters is 1. The number of nitrogens with zero attached hydrogens (tertiary/aromatic N) is 1. The summed E-state index contributed by atoms with van der Waals surface area (Å²) in [6, 6.07) is 6.89. The van der Waals surface area contributed by atoms with Crippen molar-refractivity contribution in [3.8, 4) is 11.3 Å². The molecular weight excluding hydrogens is 284 g/mol. The van der Waals surface area contributed by atoms with E-state index in [-0.39, 0.29) is 30.0 Å². The van der Waals surface area contributed by atoms with E-state index in [1.165, 1.54) is 6.39 Å². The normalized spacial score (nSPS) is 10.5. The number of rotatable bonds is 5. The van der Waals surface area contributed by atoms with Crippen LogP contribution in [0.1, 0.15) is 41.6 Å². The van der Waals surface area contributed by atoms with Crippen LogP contribution in [0.2, 0.25) is 0 Å². The third-order valence-electron chi connectivity index (χ3n) is 2.87. The first kappa shape index (κ1) is 15.8. The van der Waals surface area contributed by atoms with E-state index in [1.807, 2.05) is 13.8 Å². The summed E-state index contributed by atoms with van der Waals surface area (Å²) in [6.45, 7) is 5.69. The lowest BCUT2D eigenvalue weighted by Gasteiger charge is -2.11. The molecule has 6 heteroatoms. The molecule has 0 fully saturated rings. The van der Waals surface area contributed by atoms with Gasteiger partial charge in [-0.25, -0.2) is 9.78 Å². The first-order valence-electron chi connectivity index (χ1n) is 7.05. The van der Waals surface area contributed by atoms with Gasteiger partial charge in [0, 0.05) is 11.6 Å². The molecule has 1 amide bonds. The Labute approximate surface area is 128 Å². The van der Waals surface area contributed by atoms with Gasteiger partial charge >= 0.3 is 5.97 Å². The Balaban J connectivity index is 2.44. The molecule has 0 unspecified atom stereocenters. The second kappa shape index (κ2) is 6.89. The second-order valence-electron chi connectivity index (χ2n) is 4.92. The molecule has 22 heavy (non-hydrogen) atoms. The van der Waals surface area contributed by atoms with E-state index < -0.39 is 5.97 Å². The van der Waals surface area contributed by atoms with Gasteiger partial charge in [0.1, 0.15) is 0 Å². The van der Waals surface area contributed by atoms with Crippen LogP contribution in [-0.4, -0.2) is 29.5 Å². The van der Waals surface area contributed by atoms with Crippen molar-refractivity contribution < 1.29 is 18.7 Å². The maximum absolute atomic E-state index is 12.3. The Kier molecular flexibility index (Phi) is 4.93. The molecule has 0 spiro atoms. The Morgan fingerprint density at radius 2 is 2.05 bits per heavy atom. The van der Waals surface area contributed by atoms with Gasteiger partial charge in [0.05, 0.1) is 12.2 Å². The Bertz CT molecular complexity index is 676. The maximum Gasteiger partial charge on any atom is 0.360 e. The number of hydrogen-bond donors (Lipinski definition) is 1. The van der Waals surface area contributed by atoms with Crippen molar-refractivity contribution in [1.29, 1.82) is 0 Å². The first-order valence-corrected chi connectivity index (χ1v) is 7.05. The van der Waals surface area contributed by atoms with Crippen molar-refractivity contribution in [2.75, 3.05) is 6.61 Å². The summed E-state index contributed by atoms with van der Waals surface area (Å²) in [7, 11) is 0. The van der Waals surface area contributed by atoms with Gasteiger partial charge in [-0.3, -0.25) is 4.79 Å². The number of carbonyl (C=O) groups is 2. The minimum atomic E-state index is -0.578. The summed E-state index contributed by atoms with van der Waals surface area (Å²) < 4.78 is 10.3. The summed E-state index contributed by atoms with van der Waals surface area (Å²) in [5, 5.41) is 2.82. The topological polar surface area (TPSA) is 81.4 Å². The van der Waals surface area contributed by atoms with Crippen LogP contribution in [0, 0.1) is 0 Å². The smallest absolute Gasteiger partial charge is 0.360 e. The predicted molar refractivity (Wildman–Crippen MR) is 80.5 cm³/mol. The highest BCUT2D eigenvalue weighted by atomic mass is 16.5. The van der Waals surface area contributed by atoms with Crippen molar-refractivity contribution in [2.24, 2.45) is 0 Å². The van der Waals surface area contributed by atoms with Gasteiger partial charge in [-0.2, -0.15) is 0 Å². The molecule has 0 aliphatic carbocycles. The number of amides is 1. The minimum absolute atomic E-state index is 0.000177. The number of benzene rings is 1. The molecule has 1 aromatic heterocycles. The Morgan fingerprint density at radius 1 is 1.32 bits per heavy atom. The SMILES string of the molecule is CCOC(=O)c1ncoc1-c1ccccc1C(=O)NC(C)C. The van der Waals surface area contributed by atoms with Crippen molar-refractivity contribution in [3.63, 3.8) is 0 Å². The van der Waals surface area contributed by atoms with Crippen molar-refractivity contribution in [3.05, 3.63) is 41.9 Å². The summed E-state index contributed by atoms with van der Waals surface area (Å²) in [5.74, 6) is -0.588. The number of nitrogens with one attached hydrogen (secondary N) is 1. The quantitative estimate of drug-likeness (QED) is 0.859. The molecule has 6 nitrogen and oxygen atoms in total. The van der Waals surface area contributed by atoms with Gasteiger partial charge in [-0.05, 0) is 26.8 Å². The monoisotopic (exact) mass is 302 g/mol. The third kappa shape index (κ3) is 3.33. The average Bonchev–Trinajstić information content (AvgIpc) is 2.96. The molecule has 0 bridgehead atoms.